The molecule has 6 rings (SSSR count). The molecule has 5 aromatic carbocycles. The van der Waals surface area contributed by atoms with Gasteiger partial charge in [0, 0.05) is 0 Å². The van der Waals surface area contributed by atoms with Crippen LogP contribution in [0.3, 0.4) is 0 Å². The van der Waals surface area contributed by atoms with Crippen molar-refractivity contribution in [3.63, 3.8) is 0 Å². The van der Waals surface area contributed by atoms with Crippen molar-refractivity contribution in [2.45, 2.75) is 92.4 Å². The first kappa shape index (κ1) is 44.2. The number of rotatable bonds is 3. The molecule has 0 fully saturated rings. The van der Waals surface area contributed by atoms with Crippen LogP contribution in [0, 0.1) is 19.9 Å². The van der Waals surface area contributed by atoms with E-state index in [9.17, 15) is 0 Å². The van der Waals surface area contributed by atoms with Gasteiger partial charge in [0.1, 0.15) is 0 Å². The van der Waals surface area contributed by atoms with Gasteiger partial charge < -0.3 is 0 Å². The molecule has 5 heteroatoms. The van der Waals surface area contributed by atoms with Crippen LogP contribution in [-0.4, -0.2) is 7.42 Å². The minimum absolute atomic E-state index is 0. The van der Waals surface area contributed by atoms with Crippen molar-refractivity contribution in [2.75, 3.05) is 0 Å². The molecule has 0 nitrogen and oxygen atoms in total. The van der Waals surface area contributed by atoms with E-state index in [0.29, 0.717) is 5.92 Å². The first-order chi connectivity index (χ1) is 22.5. The molecule has 0 saturated carbocycles. The molecule has 0 saturated heterocycles. The van der Waals surface area contributed by atoms with Crippen LogP contribution in [0.2, 0.25) is 10.0 Å². The van der Waals surface area contributed by atoms with Crippen molar-refractivity contribution in [1.29, 1.82) is 0 Å². The van der Waals surface area contributed by atoms with Gasteiger partial charge in [0.2, 0.25) is 0 Å². The fourth-order valence-corrected chi connectivity index (χ4v) is 8.13. The summed E-state index contributed by atoms with van der Waals surface area (Å²) in [7, 11) is 0. The summed E-state index contributed by atoms with van der Waals surface area (Å²) in [6.45, 7) is 22.5. The molecule has 0 radical (unpaired) electrons. The van der Waals surface area contributed by atoms with E-state index < -0.39 is 22.3 Å². The number of hydrogen-bond acceptors (Lipinski definition) is 0. The third-order valence-corrected chi connectivity index (χ3v) is 11.6. The molecule has 0 spiro atoms. The molecular weight excluding hydrogens is 774 g/mol. The van der Waals surface area contributed by atoms with Crippen LogP contribution < -0.4 is 0 Å². The normalized spacial score (nSPS) is 11.3. The molecule has 0 unspecified atom stereocenters. The van der Waals surface area contributed by atoms with Crippen molar-refractivity contribution in [3.05, 3.63) is 157 Å². The maximum absolute atomic E-state index is 5.84. The van der Waals surface area contributed by atoms with E-state index in [1.807, 2.05) is 24.3 Å². The molecular formula is C45H52Cl4Zr-2. The molecule has 266 valence electrons. The maximum atomic E-state index is 5.84. The number of hydrogen-bond donors (Lipinski definition) is 0. The molecule has 5 aromatic rings. The van der Waals surface area contributed by atoms with Crippen LogP contribution in [0.15, 0.2) is 91.0 Å². The number of benzene rings is 4. The number of aryl methyl sites for hydroxylation is 2. The van der Waals surface area contributed by atoms with Gasteiger partial charge in [-0.05, 0) is 17.4 Å². The predicted molar refractivity (Wildman–Crippen MR) is 224 cm³/mol. The number of halogens is 4. The third-order valence-electron chi connectivity index (χ3n) is 8.67. The average Bonchev–Trinajstić information content (AvgIpc) is 3.56. The van der Waals surface area contributed by atoms with E-state index in [4.69, 9.17) is 23.2 Å². The second kappa shape index (κ2) is 19.2. The first-order valence-electron chi connectivity index (χ1n) is 16.9. The fraction of sp³-hybridized carbons (Fsp3) is 0.311. The Morgan fingerprint density at radius 3 is 1.62 bits per heavy atom. The van der Waals surface area contributed by atoms with Gasteiger partial charge in [0.05, 0.1) is 0 Å². The summed E-state index contributed by atoms with van der Waals surface area (Å²) in [5.74, 6) is 0.675. The summed E-state index contributed by atoms with van der Waals surface area (Å²) in [6.07, 6.45) is 1.03. The van der Waals surface area contributed by atoms with Crippen LogP contribution in [0.1, 0.15) is 111 Å². The van der Waals surface area contributed by atoms with Crippen LogP contribution in [0.25, 0.3) is 11.1 Å². The van der Waals surface area contributed by atoms with Gasteiger partial charge in [0.25, 0.3) is 0 Å². The molecule has 1 aliphatic carbocycles. The van der Waals surface area contributed by atoms with Crippen LogP contribution in [0.5, 0.6) is 0 Å². The van der Waals surface area contributed by atoms with Gasteiger partial charge in [-0.2, -0.15) is 52.1 Å². The molecule has 1 aliphatic rings. The zero-order valence-corrected chi connectivity index (χ0v) is 36.8. The van der Waals surface area contributed by atoms with Gasteiger partial charge in [-0.1, -0.05) is 110 Å². The molecule has 50 heavy (non-hydrogen) atoms. The standard InChI is InChI=1S/C21H25.C10H15.2C7H5Cl.2ClH.Zr/c1-20(2,3)16-9-7-14-11-15-8-10-17(21(4,5)6)13-19(15)18(14)12-16;1-7(2)10-6-8(3)5-9(10)4;2*1-6-2-4-7(8)5-3-6;;;/h7,9-10,12-13H,11H2,1-6H3;5-7H,1-4H3;2*1-5H;2*1H;/q2*-1;;;;;. The Labute approximate surface area is 335 Å². The Hall–Kier alpha value is -1.99. The Morgan fingerprint density at radius 2 is 1.20 bits per heavy atom. The summed E-state index contributed by atoms with van der Waals surface area (Å²) >= 11 is 11.0. The molecule has 0 bridgehead atoms. The van der Waals surface area contributed by atoms with Crippen molar-refractivity contribution in [3.8, 4) is 11.1 Å². The van der Waals surface area contributed by atoms with Crippen molar-refractivity contribution in [1.82, 2.24) is 0 Å². The molecule has 0 aliphatic heterocycles. The van der Waals surface area contributed by atoms with E-state index in [0.717, 1.165) is 16.5 Å². The van der Waals surface area contributed by atoms with Crippen molar-refractivity contribution in [2.24, 2.45) is 0 Å². The van der Waals surface area contributed by atoms with Gasteiger partial charge in [-0.3, -0.25) is 0 Å². The molecule has 0 N–H and O–H groups in total. The summed E-state index contributed by atoms with van der Waals surface area (Å²) in [5, 5.41) is 1.57. The van der Waals surface area contributed by atoms with E-state index in [1.165, 1.54) is 61.2 Å². The third kappa shape index (κ3) is 12.6. The Morgan fingerprint density at radius 1 is 0.700 bits per heavy atom. The number of fused-ring (bicyclic) bond motifs is 3. The van der Waals surface area contributed by atoms with Crippen molar-refractivity contribution < 1.29 is 22.3 Å². The molecule has 0 amide bonds. The SMILES string of the molecule is CC(C)(C)c1c[c-]c2c(c1)-c1cc(C(C)(C)C)ccc1C2.Cc1cc(C(C)C)c(C)[cH-]1.Cl.Cl.Clc1ccc([CH]=[Zr]=[CH]c2ccc(Cl)cc2)cc1. The Bertz CT molecular complexity index is 1780. The summed E-state index contributed by atoms with van der Waals surface area (Å²) < 4.78 is 4.66. The Kier molecular flexibility index (Phi) is 17.0. The van der Waals surface area contributed by atoms with Gasteiger partial charge in [0.15, 0.2) is 0 Å². The fourth-order valence-electron chi connectivity index (χ4n) is 5.78. The van der Waals surface area contributed by atoms with Crippen molar-refractivity contribution >= 4 is 55.4 Å². The van der Waals surface area contributed by atoms with Crippen LogP contribution in [0.4, 0.5) is 0 Å². The molecule has 0 aromatic heterocycles. The first-order valence-corrected chi connectivity index (χ1v) is 20.5. The van der Waals surface area contributed by atoms with Gasteiger partial charge in [-0.25, -0.2) is 6.07 Å². The quantitative estimate of drug-likeness (QED) is 0.156. The van der Waals surface area contributed by atoms with E-state index in [1.54, 1.807) is 0 Å². The second-order valence-electron chi connectivity index (χ2n) is 15.2. The van der Waals surface area contributed by atoms with E-state index in [-0.39, 0.29) is 35.6 Å². The van der Waals surface area contributed by atoms with Crippen LogP contribution in [-0.2, 0) is 39.5 Å². The predicted octanol–water partition coefficient (Wildman–Crippen LogP) is 13.7. The molecule has 0 atom stereocenters. The van der Waals surface area contributed by atoms with Gasteiger partial charge >= 0.3 is 123 Å². The minimum atomic E-state index is -0.623. The summed E-state index contributed by atoms with van der Waals surface area (Å²) in [6, 6.07) is 35.5. The summed E-state index contributed by atoms with van der Waals surface area (Å²) in [4.78, 5) is 0. The topological polar surface area (TPSA) is 0 Å². The summed E-state index contributed by atoms with van der Waals surface area (Å²) in [5.41, 5.74) is 15.6. The zero-order chi connectivity index (χ0) is 35.2. The van der Waals surface area contributed by atoms with E-state index >= 15 is 0 Å². The monoisotopic (exact) mass is 822 g/mol. The van der Waals surface area contributed by atoms with Crippen LogP contribution >= 0.6 is 48.0 Å². The zero-order valence-electron chi connectivity index (χ0n) is 31.2. The Balaban J connectivity index is 0.000000270. The average molecular weight is 826 g/mol. The van der Waals surface area contributed by atoms with E-state index in [2.05, 4.69) is 149 Å². The molecule has 0 heterocycles. The second-order valence-corrected chi connectivity index (χ2v) is 18.3. The van der Waals surface area contributed by atoms with Gasteiger partial charge in [-0.15, -0.1) is 30.4 Å².